The van der Waals surface area contributed by atoms with Gasteiger partial charge in [-0.05, 0) is 18.4 Å². The van der Waals surface area contributed by atoms with E-state index >= 15 is 0 Å². The van der Waals surface area contributed by atoms with Crippen molar-refractivity contribution in [1.29, 1.82) is 0 Å². The molecule has 0 saturated heterocycles. The zero-order chi connectivity index (χ0) is 22.4. The molecule has 1 heterocycles. The number of methoxy groups -OCH3 is 1. The minimum atomic E-state index is -1.02. The van der Waals surface area contributed by atoms with Crippen LogP contribution in [-0.4, -0.2) is 50.0 Å². The molecule has 166 valence electrons. The van der Waals surface area contributed by atoms with E-state index in [1.807, 2.05) is 6.08 Å². The van der Waals surface area contributed by atoms with Crippen molar-refractivity contribution in [3.8, 4) is 0 Å². The zero-order valence-corrected chi connectivity index (χ0v) is 17.2. The number of fused-ring (bicyclic) bond motifs is 1. The van der Waals surface area contributed by atoms with Crippen LogP contribution in [0.3, 0.4) is 0 Å². The highest BCUT2D eigenvalue weighted by Gasteiger charge is 2.46. The molecule has 10 nitrogen and oxygen atoms in total. The van der Waals surface area contributed by atoms with Crippen molar-refractivity contribution in [3.05, 3.63) is 35.8 Å². The normalized spacial score (nSPS) is 24.3. The van der Waals surface area contributed by atoms with Gasteiger partial charge in [0.05, 0.1) is 24.9 Å². The molecule has 0 bridgehead atoms. The largest absolute Gasteiger partial charge is 0.466 e. The van der Waals surface area contributed by atoms with Crippen molar-refractivity contribution in [2.45, 2.75) is 44.6 Å². The van der Waals surface area contributed by atoms with Gasteiger partial charge in [0.1, 0.15) is 18.7 Å². The van der Waals surface area contributed by atoms with Gasteiger partial charge in [-0.15, -0.1) is 0 Å². The molecule has 5 atom stereocenters. The second-order valence-electron chi connectivity index (χ2n) is 7.24. The van der Waals surface area contributed by atoms with Gasteiger partial charge >= 0.3 is 17.9 Å². The Kier molecular flexibility index (Phi) is 8.01. The van der Waals surface area contributed by atoms with Crippen molar-refractivity contribution >= 4 is 17.9 Å². The summed E-state index contributed by atoms with van der Waals surface area (Å²) in [5.41, 5.74) is 18.2. The third-order valence-electron chi connectivity index (χ3n) is 5.08. The van der Waals surface area contributed by atoms with E-state index in [-0.39, 0.29) is 24.6 Å². The van der Waals surface area contributed by atoms with E-state index < -0.39 is 42.2 Å². The zero-order valence-electron chi connectivity index (χ0n) is 17.2. The second kappa shape index (κ2) is 10.3. The highest BCUT2D eigenvalue weighted by Crippen LogP contribution is 2.44. The molecule has 0 aromatic rings. The molecule has 2 rings (SSSR count). The van der Waals surface area contributed by atoms with Crippen LogP contribution in [0, 0.1) is 11.8 Å². The first kappa shape index (κ1) is 23.4. The van der Waals surface area contributed by atoms with Crippen LogP contribution in [0.2, 0.25) is 0 Å². The molecule has 0 radical (unpaired) electrons. The minimum Gasteiger partial charge on any atom is -0.466 e. The van der Waals surface area contributed by atoms with E-state index in [4.69, 9.17) is 36.1 Å². The Labute approximate surface area is 175 Å². The van der Waals surface area contributed by atoms with Crippen LogP contribution in [0.15, 0.2) is 35.8 Å². The van der Waals surface area contributed by atoms with Crippen LogP contribution < -0.4 is 17.2 Å². The summed E-state index contributed by atoms with van der Waals surface area (Å²) in [7, 11) is 1.27. The Balaban J connectivity index is 2.15. The summed E-state index contributed by atoms with van der Waals surface area (Å²) in [6, 6.07) is -1.74. The molecule has 0 amide bonds. The third kappa shape index (κ3) is 5.39. The molecule has 0 aromatic carbocycles. The number of carbonyl (C=O) groups excluding carboxylic acids is 3. The molecule has 0 unspecified atom stereocenters. The van der Waals surface area contributed by atoms with Crippen LogP contribution in [-0.2, 0) is 33.3 Å². The van der Waals surface area contributed by atoms with Crippen LogP contribution in [0.5, 0.6) is 0 Å². The number of carbonyl (C=O) groups is 3. The van der Waals surface area contributed by atoms with Gasteiger partial charge in [-0.25, -0.2) is 4.79 Å². The highest BCUT2D eigenvalue weighted by atomic mass is 16.7. The molecule has 1 aliphatic heterocycles. The van der Waals surface area contributed by atoms with Gasteiger partial charge in [0, 0.05) is 18.0 Å². The topological polar surface area (TPSA) is 166 Å². The fourth-order valence-corrected chi connectivity index (χ4v) is 3.39. The Hall–Kier alpha value is -2.85. The number of ether oxygens (including phenoxy) is 4. The monoisotopic (exact) mass is 423 g/mol. The first-order chi connectivity index (χ1) is 14.2. The van der Waals surface area contributed by atoms with Crippen LogP contribution in [0.4, 0.5) is 0 Å². The maximum atomic E-state index is 12.2. The van der Waals surface area contributed by atoms with Crippen molar-refractivity contribution in [3.63, 3.8) is 0 Å². The summed E-state index contributed by atoms with van der Waals surface area (Å²) in [5, 5.41) is 0. The number of hydrogen-bond donors (Lipinski definition) is 3. The maximum absolute atomic E-state index is 12.2. The molecule has 0 spiro atoms. The predicted octanol–water partition coefficient (Wildman–Crippen LogP) is -0.0244. The Morgan fingerprint density at radius 2 is 1.97 bits per heavy atom. The van der Waals surface area contributed by atoms with Gasteiger partial charge in [0.2, 0.25) is 0 Å². The molecule has 0 saturated carbocycles. The van der Waals surface area contributed by atoms with E-state index in [1.165, 1.54) is 13.4 Å². The summed E-state index contributed by atoms with van der Waals surface area (Å²) in [6.07, 6.45) is 3.00. The fraction of sp³-hybridized carbons (Fsp3) is 0.550. The van der Waals surface area contributed by atoms with Gasteiger partial charge in [0.15, 0.2) is 0 Å². The van der Waals surface area contributed by atoms with E-state index in [0.717, 1.165) is 0 Å². The van der Waals surface area contributed by atoms with E-state index in [0.29, 0.717) is 24.0 Å². The summed E-state index contributed by atoms with van der Waals surface area (Å²) in [4.78, 5) is 36.4. The Bertz CT molecular complexity index is 761. The molecule has 6 N–H and O–H groups in total. The maximum Gasteiger partial charge on any atom is 0.337 e. The molecule has 0 fully saturated rings. The molecule has 1 aliphatic carbocycles. The number of hydrogen-bond acceptors (Lipinski definition) is 10. The Morgan fingerprint density at radius 1 is 1.27 bits per heavy atom. The van der Waals surface area contributed by atoms with Crippen LogP contribution in [0.1, 0.15) is 26.2 Å². The van der Waals surface area contributed by atoms with Crippen molar-refractivity contribution in [2.24, 2.45) is 29.0 Å². The number of esters is 3. The van der Waals surface area contributed by atoms with Gasteiger partial charge in [-0.2, -0.15) is 0 Å². The summed E-state index contributed by atoms with van der Waals surface area (Å²) >= 11 is 0. The van der Waals surface area contributed by atoms with Crippen LogP contribution >= 0.6 is 0 Å². The SMILES string of the molecule is C=C(N)C[C@H](N)C(=O)OCC1=CC[C@@H]2C(C(=O)OC)=CO[C@@H](OC(=O)[C@@H](N)CC)[C@H]12. The van der Waals surface area contributed by atoms with E-state index in [2.05, 4.69) is 6.58 Å². The molecular weight excluding hydrogens is 394 g/mol. The quantitative estimate of drug-likeness (QED) is 0.260. The first-order valence-electron chi connectivity index (χ1n) is 9.63. The van der Waals surface area contributed by atoms with Gasteiger partial charge in [-0.3, -0.25) is 9.59 Å². The van der Waals surface area contributed by atoms with Crippen molar-refractivity contribution in [1.82, 2.24) is 0 Å². The van der Waals surface area contributed by atoms with Gasteiger partial charge in [-0.1, -0.05) is 19.6 Å². The molecule has 10 heteroatoms. The van der Waals surface area contributed by atoms with Crippen LogP contribution in [0.25, 0.3) is 0 Å². The van der Waals surface area contributed by atoms with E-state index in [1.54, 1.807) is 6.92 Å². The van der Waals surface area contributed by atoms with Crippen molar-refractivity contribution in [2.75, 3.05) is 13.7 Å². The smallest absolute Gasteiger partial charge is 0.337 e. The number of nitrogens with two attached hydrogens (primary N) is 3. The molecule has 2 aliphatic rings. The lowest BCUT2D eigenvalue weighted by Crippen LogP contribution is -2.42. The predicted molar refractivity (Wildman–Crippen MR) is 106 cm³/mol. The lowest BCUT2D eigenvalue weighted by Gasteiger charge is -2.34. The summed E-state index contributed by atoms with van der Waals surface area (Å²) < 4.78 is 21.1. The van der Waals surface area contributed by atoms with E-state index in [9.17, 15) is 14.4 Å². The number of rotatable bonds is 9. The molecular formula is C20H29N3O7. The highest BCUT2D eigenvalue weighted by molar-refractivity contribution is 5.89. The standard InChI is InChI=1S/C20H29N3O7/c1-4-14(22)19(26)30-20-16-11(8-28-18(25)15(23)7-10(2)21)5-6-12(16)13(9-29-20)17(24)27-3/h5,9,12,14-16,20H,2,4,6-8,21-23H2,1,3H3/t12-,14+,15+,16-,20+/m1/s1. The minimum absolute atomic E-state index is 0.0947. The average Bonchev–Trinajstić information content (AvgIpc) is 3.14. The fourth-order valence-electron chi connectivity index (χ4n) is 3.39. The first-order valence-corrected chi connectivity index (χ1v) is 9.63. The summed E-state index contributed by atoms with van der Waals surface area (Å²) in [6.45, 7) is 5.17. The lowest BCUT2D eigenvalue weighted by atomic mass is 9.83. The Morgan fingerprint density at radius 3 is 2.57 bits per heavy atom. The van der Waals surface area contributed by atoms with Crippen molar-refractivity contribution < 1.29 is 33.3 Å². The molecule has 30 heavy (non-hydrogen) atoms. The second-order valence-corrected chi connectivity index (χ2v) is 7.24. The molecule has 0 aromatic heterocycles. The third-order valence-corrected chi connectivity index (χ3v) is 5.08. The summed E-state index contributed by atoms with van der Waals surface area (Å²) in [5.74, 6) is -2.70. The average molecular weight is 423 g/mol. The number of allylic oxidation sites excluding steroid dienone is 1. The lowest BCUT2D eigenvalue weighted by molar-refractivity contribution is -0.184. The van der Waals surface area contributed by atoms with Gasteiger partial charge in [0.25, 0.3) is 6.29 Å². The van der Waals surface area contributed by atoms with Gasteiger partial charge < -0.3 is 36.1 Å².